The van der Waals surface area contributed by atoms with Crippen LogP contribution >= 0.6 is 11.8 Å². The van der Waals surface area contributed by atoms with Gasteiger partial charge < -0.3 is 10.0 Å². The summed E-state index contributed by atoms with van der Waals surface area (Å²) in [5, 5.41) is 18.7. The number of thioether (sulfide) groups is 1. The second-order valence-electron chi connectivity index (χ2n) is 4.10. The maximum absolute atomic E-state index is 13.3. The van der Waals surface area contributed by atoms with E-state index >= 15 is 0 Å². The van der Waals surface area contributed by atoms with Crippen molar-refractivity contribution in [2.45, 2.75) is 17.8 Å². The predicted octanol–water partition coefficient (Wildman–Crippen LogP) is 0.896. The van der Waals surface area contributed by atoms with Gasteiger partial charge in [0.05, 0.1) is 0 Å². The van der Waals surface area contributed by atoms with Crippen LogP contribution in [0.5, 0.6) is 0 Å². The molecule has 0 atom stereocenters. The van der Waals surface area contributed by atoms with Gasteiger partial charge in [0.2, 0.25) is 0 Å². The van der Waals surface area contributed by atoms with Gasteiger partial charge in [0.15, 0.2) is 5.16 Å². The van der Waals surface area contributed by atoms with Gasteiger partial charge >= 0.3 is 7.12 Å². The summed E-state index contributed by atoms with van der Waals surface area (Å²) in [6.45, 7) is 1.90. The Morgan fingerprint density at radius 3 is 2.53 bits per heavy atom. The first-order valence-electron chi connectivity index (χ1n) is 5.61. The minimum atomic E-state index is -1.67. The van der Waals surface area contributed by atoms with Crippen LogP contribution in [0.2, 0.25) is 0 Å². The van der Waals surface area contributed by atoms with Gasteiger partial charge in [0.25, 0.3) is 0 Å². The fourth-order valence-electron chi connectivity index (χ4n) is 1.51. The van der Waals surface area contributed by atoms with Crippen molar-refractivity contribution >= 4 is 24.3 Å². The highest BCUT2D eigenvalue weighted by molar-refractivity contribution is 7.98. The van der Waals surface area contributed by atoms with E-state index in [0.29, 0.717) is 16.5 Å². The summed E-state index contributed by atoms with van der Waals surface area (Å²) in [5.74, 6) is -0.0356. The van der Waals surface area contributed by atoms with Crippen LogP contribution in [0, 0.1) is 12.7 Å². The Labute approximate surface area is 114 Å². The molecule has 0 bridgehead atoms. The Morgan fingerprint density at radius 2 is 1.89 bits per heavy atom. The van der Waals surface area contributed by atoms with Crippen LogP contribution in [0.3, 0.4) is 0 Å². The molecule has 0 amide bonds. The third-order valence-electron chi connectivity index (χ3n) is 2.40. The minimum Gasteiger partial charge on any atom is -0.423 e. The van der Waals surface area contributed by atoms with Gasteiger partial charge in [-0.2, -0.15) is 0 Å². The molecule has 0 fully saturated rings. The molecule has 19 heavy (non-hydrogen) atoms. The van der Waals surface area contributed by atoms with Crippen LogP contribution in [-0.4, -0.2) is 27.1 Å². The Kier molecular flexibility index (Phi) is 4.52. The van der Waals surface area contributed by atoms with Crippen molar-refractivity contribution in [2.24, 2.45) is 0 Å². The topological polar surface area (TPSA) is 66.2 Å². The second-order valence-corrected chi connectivity index (χ2v) is 5.04. The van der Waals surface area contributed by atoms with Crippen molar-refractivity contribution < 1.29 is 14.4 Å². The molecule has 2 rings (SSSR count). The Morgan fingerprint density at radius 1 is 1.21 bits per heavy atom. The van der Waals surface area contributed by atoms with Gasteiger partial charge in [0.1, 0.15) is 5.82 Å². The molecule has 2 N–H and O–H groups in total. The van der Waals surface area contributed by atoms with Gasteiger partial charge in [-0.05, 0) is 35.6 Å². The van der Waals surface area contributed by atoms with E-state index in [-0.39, 0.29) is 5.46 Å². The SMILES string of the molecule is Cc1cnc(SCc2cc(F)cc(B(O)O)c2)nc1. The zero-order valence-electron chi connectivity index (χ0n) is 10.2. The fourth-order valence-corrected chi connectivity index (χ4v) is 2.23. The van der Waals surface area contributed by atoms with E-state index in [4.69, 9.17) is 10.0 Å². The largest absolute Gasteiger partial charge is 0.488 e. The van der Waals surface area contributed by atoms with E-state index in [1.807, 2.05) is 6.92 Å². The Balaban J connectivity index is 2.08. The van der Waals surface area contributed by atoms with Crippen LogP contribution in [-0.2, 0) is 5.75 Å². The van der Waals surface area contributed by atoms with Crippen molar-refractivity contribution in [3.63, 3.8) is 0 Å². The molecule has 0 saturated carbocycles. The van der Waals surface area contributed by atoms with Crippen LogP contribution < -0.4 is 5.46 Å². The number of hydrogen-bond donors (Lipinski definition) is 2. The highest BCUT2D eigenvalue weighted by Gasteiger charge is 2.13. The van der Waals surface area contributed by atoms with E-state index < -0.39 is 12.9 Å². The number of halogens is 1. The van der Waals surface area contributed by atoms with Crippen molar-refractivity contribution in [1.29, 1.82) is 0 Å². The second kappa shape index (κ2) is 6.14. The number of nitrogens with zero attached hydrogens (tertiary/aromatic N) is 2. The average molecular weight is 278 g/mol. The molecule has 1 heterocycles. The van der Waals surface area contributed by atoms with Crippen LogP contribution in [0.4, 0.5) is 4.39 Å². The molecule has 0 spiro atoms. The zero-order valence-corrected chi connectivity index (χ0v) is 11.1. The summed E-state index contributed by atoms with van der Waals surface area (Å²) >= 11 is 1.36. The van der Waals surface area contributed by atoms with E-state index in [1.165, 1.54) is 17.8 Å². The normalized spacial score (nSPS) is 10.5. The molecule has 0 aliphatic carbocycles. The monoisotopic (exact) mass is 278 g/mol. The first kappa shape index (κ1) is 14.0. The average Bonchev–Trinajstić information content (AvgIpc) is 2.37. The van der Waals surface area contributed by atoms with E-state index in [9.17, 15) is 4.39 Å². The molecule has 0 aliphatic heterocycles. The smallest absolute Gasteiger partial charge is 0.423 e. The molecule has 7 heteroatoms. The van der Waals surface area contributed by atoms with Crippen LogP contribution in [0.25, 0.3) is 0 Å². The Hall–Kier alpha value is -1.44. The van der Waals surface area contributed by atoms with Crippen molar-refractivity contribution in [1.82, 2.24) is 9.97 Å². The third kappa shape index (κ3) is 4.02. The molecular formula is C12H12BFN2O2S. The summed E-state index contributed by atoms with van der Waals surface area (Å²) in [5.41, 5.74) is 1.76. The number of rotatable bonds is 4. The maximum atomic E-state index is 13.3. The number of aryl methyl sites for hydroxylation is 1. The maximum Gasteiger partial charge on any atom is 0.488 e. The fraction of sp³-hybridized carbons (Fsp3) is 0.167. The molecule has 0 aliphatic rings. The van der Waals surface area contributed by atoms with Gasteiger partial charge in [0, 0.05) is 18.1 Å². The summed E-state index contributed by atoms with van der Waals surface area (Å²) in [6.07, 6.45) is 3.42. The standard InChI is InChI=1S/C12H12BFN2O2S/c1-8-5-15-12(16-6-8)19-7-9-2-10(13(17)18)4-11(14)3-9/h2-6,17-18H,7H2,1H3. The van der Waals surface area contributed by atoms with Crippen LogP contribution in [0.1, 0.15) is 11.1 Å². The molecule has 2 aromatic rings. The number of aromatic nitrogens is 2. The lowest BCUT2D eigenvalue weighted by molar-refractivity contribution is 0.425. The molecule has 4 nitrogen and oxygen atoms in total. The summed E-state index contributed by atoms with van der Waals surface area (Å²) in [7, 11) is -1.67. The van der Waals surface area contributed by atoms with E-state index in [2.05, 4.69) is 9.97 Å². The molecule has 0 radical (unpaired) electrons. The molecule has 0 unspecified atom stereocenters. The van der Waals surface area contributed by atoms with Crippen molar-refractivity contribution in [3.05, 3.63) is 47.5 Å². The van der Waals surface area contributed by atoms with E-state index in [0.717, 1.165) is 11.6 Å². The lowest BCUT2D eigenvalue weighted by Gasteiger charge is -2.05. The van der Waals surface area contributed by atoms with Crippen molar-refractivity contribution in [3.8, 4) is 0 Å². The van der Waals surface area contributed by atoms with Gasteiger partial charge in [-0.1, -0.05) is 17.8 Å². The van der Waals surface area contributed by atoms with Gasteiger partial charge in [-0.15, -0.1) is 0 Å². The predicted molar refractivity (Wildman–Crippen MR) is 72.6 cm³/mol. The third-order valence-corrected chi connectivity index (χ3v) is 3.35. The summed E-state index contributed by atoms with van der Waals surface area (Å²) in [6, 6.07) is 4.00. The number of benzene rings is 1. The quantitative estimate of drug-likeness (QED) is 0.494. The number of hydrogen-bond acceptors (Lipinski definition) is 5. The first-order chi connectivity index (χ1) is 9.04. The highest BCUT2D eigenvalue weighted by atomic mass is 32.2. The molecule has 0 saturated heterocycles. The van der Waals surface area contributed by atoms with Crippen LogP contribution in [0.15, 0.2) is 35.7 Å². The van der Waals surface area contributed by atoms with Gasteiger partial charge in [-0.25, -0.2) is 14.4 Å². The molecule has 1 aromatic carbocycles. The Bertz CT molecular complexity index is 566. The lowest BCUT2D eigenvalue weighted by atomic mass is 9.79. The highest BCUT2D eigenvalue weighted by Crippen LogP contribution is 2.18. The summed E-state index contributed by atoms with van der Waals surface area (Å²) < 4.78 is 13.3. The zero-order chi connectivity index (χ0) is 13.8. The molecular weight excluding hydrogens is 266 g/mol. The summed E-state index contributed by atoms with van der Waals surface area (Å²) in [4.78, 5) is 8.27. The minimum absolute atomic E-state index is 0.139. The molecule has 98 valence electrons. The molecule has 1 aromatic heterocycles. The van der Waals surface area contributed by atoms with E-state index in [1.54, 1.807) is 18.5 Å². The van der Waals surface area contributed by atoms with Gasteiger partial charge in [-0.3, -0.25) is 0 Å². The lowest BCUT2D eigenvalue weighted by Crippen LogP contribution is -2.30. The first-order valence-corrected chi connectivity index (χ1v) is 6.60. The van der Waals surface area contributed by atoms with Crippen molar-refractivity contribution in [2.75, 3.05) is 0 Å².